The maximum atomic E-state index is 12.8. The maximum Gasteiger partial charge on any atom is 0.253 e. The van der Waals surface area contributed by atoms with Crippen molar-refractivity contribution in [3.63, 3.8) is 0 Å². The first-order valence-electron chi connectivity index (χ1n) is 10.0. The minimum atomic E-state index is 0.0744. The van der Waals surface area contributed by atoms with Crippen LogP contribution >= 0.6 is 0 Å². The van der Waals surface area contributed by atoms with Crippen molar-refractivity contribution in [1.29, 1.82) is 0 Å². The van der Waals surface area contributed by atoms with Crippen molar-refractivity contribution in [2.75, 3.05) is 44.7 Å². The third-order valence-electron chi connectivity index (χ3n) is 5.30. The second kappa shape index (κ2) is 9.52. The SMILES string of the molecule is C=CCN(C)Cc1ccc(C(=O)N2CCN(c3ccc(C(C)=O)cc3)CC2)cc1. The van der Waals surface area contributed by atoms with Gasteiger partial charge in [0.05, 0.1) is 0 Å². The standard InChI is InChI=1S/C24H29N3O2/c1-4-13-25(3)18-20-5-7-22(8-6-20)24(29)27-16-14-26(15-17-27)23-11-9-21(10-12-23)19(2)28/h4-12H,1,13-18H2,2-3H3. The van der Waals surface area contributed by atoms with Crippen LogP contribution < -0.4 is 4.90 Å². The number of likely N-dealkylation sites (N-methyl/N-ethyl adjacent to an activating group) is 1. The fourth-order valence-corrected chi connectivity index (χ4v) is 3.61. The van der Waals surface area contributed by atoms with Crippen LogP contribution in [0.15, 0.2) is 61.2 Å². The largest absolute Gasteiger partial charge is 0.368 e. The number of hydrogen-bond acceptors (Lipinski definition) is 4. The van der Waals surface area contributed by atoms with Crippen molar-refractivity contribution in [3.05, 3.63) is 77.9 Å². The average molecular weight is 392 g/mol. The van der Waals surface area contributed by atoms with Crippen molar-refractivity contribution >= 4 is 17.4 Å². The number of carbonyl (C=O) groups is 2. The van der Waals surface area contributed by atoms with Gasteiger partial charge in [0.25, 0.3) is 5.91 Å². The number of rotatable bonds is 7. The Morgan fingerprint density at radius 3 is 2.10 bits per heavy atom. The van der Waals surface area contributed by atoms with Crippen molar-refractivity contribution in [3.8, 4) is 0 Å². The van der Waals surface area contributed by atoms with Crippen LogP contribution in [0.4, 0.5) is 5.69 Å². The smallest absolute Gasteiger partial charge is 0.253 e. The normalized spacial score (nSPS) is 14.2. The van der Waals surface area contributed by atoms with Crippen LogP contribution in [-0.4, -0.2) is 61.3 Å². The highest BCUT2D eigenvalue weighted by Crippen LogP contribution is 2.19. The summed E-state index contributed by atoms with van der Waals surface area (Å²) in [5.74, 6) is 0.160. The van der Waals surface area contributed by atoms with E-state index in [2.05, 4.69) is 16.4 Å². The number of ketones is 1. The molecule has 5 nitrogen and oxygen atoms in total. The summed E-state index contributed by atoms with van der Waals surface area (Å²) < 4.78 is 0. The monoisotopic (exact) mass is 391 g/mol. The molecule has 1 saturated heterocycles. The van der Waals surface area contributed by atoms with Crippen LogP contribution in [-0.2, 0) is 6.54 Å². The quantitative estimate of drug-likeness (QED) is 0.536. The van der Waals surface area contributed by atoms with E-state index in [0.717, 1.165) is 43.0 Å². The first-order chi connectivity index (χ1) is 14.0. The molecule has 0 bridgehead atoms. The van der Waals surface area contributed by atoms with Crippen molar-refractivity contribution < 1.29 is 9.59 Å². The highest BCUT2D eigenvalue weighted by molar-refractivity contribution is 5.95. The van der Waals surface area contributed by atoms with Gasteiger partial charge in [-0.05, 0) is 55.9 Å². The minimum absolute atomic E-state index is 0.0744. The van der Waals surface area contributed by atoms with Crippen LogP contribution in [0.3, 0.4) is 0 Å². The molecule has 2 aromatic rings. The zero-order valence-electron chi connectivity index (χ0n) is 17.3. The van der Waals surface area contributed by atoms with E-state index < -0.39 is 0 Å². The number of benzene rings is 2. The number of hydrogen-bond donors (Lipinski definition) is 0. The van der Waals surface area contributed by atoms with Gasteiger partial charge >= 0.3 is 0 Å². The zero-order valence-corrected chi connectivity index (χ0v) is 17.3. The first kappa shape index (κ1) is 20.8. The number of carbonyl (C=O) groups excluding carboxylic acids is 2. The summed E-state index contributed by atoms with van der Waals surface area (Å²) in [6.07, 6.45) is 1.88. The Morgan fingerprint density at radius 1 is 0.966 bits per heavy atom. The highest BCUT2D eigenvalue weighted by atomic mass is 16.2. The molecule has 1 heterocycles. The molecule has 29 heavy (non-hydrogen) atoms. The molecule has 3 rings (SSSR count). The third-order valence-corrected chi connectivity index (χ3v) is 5.30. The van der Waals surface area contributed by atoms with Gasteiger partial charge in [-0.1, -0.05) is 18.2 Å². The van der Waals surface area contributed by atoms with Crippen LogP contribution in [0.25, 0.3) is 0 Å². The molecule has 5 heteroatoms. The lowest BCUT2D eigenvalue weighted by molar-refractivity contribution is 0.0746. The molecular weight excluding hydrogens is 362 g/mol. The van der Waals surface area contributed by atoms with Crippen molar-refractivity contribution in [1.82, 2.24) is 9.80 Å². The lowest BCUT2D eigenvalue weighted by atomic mass is 10.1. The van der Waals surface area contributed by atoms with Gasteiger partial charge in [-0.3, -0.25) is 14.5 Å². The fourth-order valence-electron chi connectivity index (χ4n) is 3.61. The van der Waals surface area contributed by atoms with Gasteiger partial charge in [0, 0.05) is 56.1 Å². The molecule has 0 spiro atoms. The van der Waals surface area contributed by atoms with E-state index in [1.165, 1.54) is 5.56 Å². The predicted molar refractivity (Wildman–Crippen MR) is 118 cm³/mol. The number of amides is 1. The molecule has 1 aliphatic rings. The summed E-state index contributed by atoms with van der Waals surface area (Å²) in [5.41, 5.74) is 3.74. The summed E-state index contributed by atoms with van der Waals surface area (Å²) >= 11 is 0. The van der Waals surface area contributed by atoms with E-state index in [4.69, 9.17) is 0 Å². The molecule has 2 aromatic carbocycles. The molecule has 0 radical (unpaired) electrons. The van der Waals surface area contributed by atoms with Crippen molar-refractivity contribution in [2.45, 2.75) is 13.5 Å². The van der Waals surface area contributed by atoms with Gasteiger partial charge in [-0.2, -0.15) is 0 Å². The summed E-state index contributed by atoms with van der Waals surface area (Å²) in [6.45, 7) is 9.96. The van der Waals surface area contributed by atoms with E-state index in [9.17, 15) is 9.59 Å². The van der Waals surface area contributed by atoms with Gasteiger partial charge in [-0.15, -0.1) is 6.58 Å². The lowest BCUT2D eigenvalue weighted by Crippen LogP contribution is -2.48. The van der Waals surface area contributed by atoms with E-state index in [1.807, 2.05) is 66.6 Å². The molecule has 0 saturated carbocycles. The summed E-state index contributed by atoms with van der Waals surface area (Å²) in [7, 11) is 2.05. The predicted octanol–water partition coefficient (Wildman–Crippen LogP) is 3.47. The van der Waals surface area contributed by atoms with Gasteiger partial charge in [0.2, 0.25) is 0 Å². The minimum Gasteiger partial charge on any atom is -0.368 e. The number of Topliss-reactive ketones (excluding diaryl/α,β-unsaturated/α-hetero) is 1. The van der Waals surface area contributed by atoms with Crippen LogP contribution in [0.1, 0.15) is 33.2 Å². The van der Waals surface area contributed by atoms with E-state index >= 15 is 0 Å². The second-order valence-electron chi connectivity index (χ2n) is 7.56. The van der Waals surface area contributed by atoms with Crippen LogP contribution in [0, 0.1) is 0 Å². The Kier molecular flexibility index (Phi) is 6.83. The summed E-state index contributed by atoms with van der Waals surface area (Å²) in [4.78, 5) is 30.6. The Labute approximate surface area is 173 Å². The summed E-state index contributed by atoms with van der Waals surface area (Å²) in [6, 6.07) is 15.6. The lowest BCUT2D eigenvalue weighted by Gasteiger charge is -2.36. The molecule has 0 aliphatic carbocycles. The van der Waals surface area contributed by atoms with E-state index in [-0.39, 0.29) is 11.7 Å². The highest BCUT2D eigenvalue weighted by Gasteiger charge is 2.22. The zero-order chi connectivity index (χ0) is 20.8. The van der Waals surface area contributed by atoms with E-state index in [0.29, 0.717) is 13.1 Å². The van der Waals surface area contributed by atoms with Gasteiger partial charge < -0.3 is 9.80 Å². The Bertz CT molecular complexity index is 851. The summed E-state index contributed by atoms with van der Waals surface area (Å²) in [5, 5.41) is 0. The van der Waals surface area contributed by atoms with E-state index in [1.54, 1.807) is 6.92 Å². The van der Waals surface area contributed by atoms with Gasteiger partial charge in [0.1, 0.15) is 0 Å². The molecule has 0 N–H and O–H groups in total. The molecule has 0 aromatic heterocycles. The van der Waals surface area contributed by atoms with Crippen molar-refractivity contribution in [2.24, 2.45) is 0 Å². The third kappa shape index (κ3) is 5.33. The Morgan fingerprint density at radius 2 is 1.55 bits per heavy atom. The number of piperazine rings is 1. The molecule has 0 atom stereocenters. The van der Waals surface area contributed by atoms with Gasteiger partial charge in [0.15, 0.2) is 5.78 Å². The molecule has 1 aliphatic heterocycles. The Hall–Kier alpha value is -2.92. The van der Waals surface area contributed by atoms with Gasteiger partial charge in [-0.25, -0.2) is 0 Å². The first-order valence-corrected chi connectivity index (χ1v) is 10.0. The average Bonchev–Trinajstić information content (AvgIpc) is 2.74. The Balaban J connectivity index is 1.55. The molecule has 0 unspecified atom stereocenters. The second-order valence-corrected chi connectivity index (χ2v) is 7.56. The van der Waals surface area contributed by atoms with Crippen LogP contribution in [0.5, 0.6) is 0 Å². The fraction of sp³-hybridized carbons (Fsp3) is 0.333. The molecule has 1 fully saturated rings. The number of anilines is 1. The number of nitrogens with zero attached hydrogens (tertiary/aromatic N) is 3. The van der Waals surface area contributed by atoms with Crippen LogP contribution in [0.2, 0.25) is 0 Å². The molecular formula is C24H29N3O2. The molecule has 152 valence electrons. The topological polar surface area (TPSA) is 43.9 Å². The maximum absolute atomic E-state index is 12.8. The molecule has 1 amide bonds.